The van der Waals surface area contributed by atoms with Crippen LogP contribution in [0, 0.1) is 11.6 Å². The van der Waals surface area contributed by atoms with Crippen LogP contribution >= 0.6 is 12.2 Å². The summed E-state index contributed by atoms with van der Waals surface area (Å²) >= 11 is 4.92. The number of methoxy groups -OCH3 is 1. The normalized spacial score (nSPS) is 19.2. The summed E-state index contributed by atoms with van der Waals surface area (Å²) in [6.07, 6.45) is -1.61. The van der Waals surface area contributed by atoms with Crippen LogP contribution in [0.5, 0.6) is 0 Å². The van der Waals surface area contributed by atoms with Gasteiger partial charge in [0, 0.05) is 38.3 Å². The molecule has 11 heteroatoms. The van der Waals surface area contributed by atoms with Crippen LogP contribution in [0.15, 0.2) is 12.1 Å². The zero-order chi connectivity index (χ0) is 21.1. The molecule has 1 aromatic carbocycles. The first-order valence-electron chi connectivity index (χ1n) is 9.09. The number of nitrogens with one attached hydrogen (secondary N) is 1. The topological polar surface area (TPSA) is 74.3 Å². The van der Waals surface area contributed by atoms with Crippen LogP contribution in [0.3, 0.4) is 0 Å². The summed E-state index contributed by atoms with van der Waals surface area (Å²) in [7, 11) is 1.28. The molecule has 1 N–H and O–H groups in total. The fraction of sp³-hybridized carbons (Fsp3) is 0.500. The molecule has 3 rings (SSSR count). The van der Waals surface area contributed by atoms with Gasteiger partial charge in [-0.25, -0.2) is 18.4 Å². The predicted octanol–water partition coefficient (Wildman–Crippen LogP) is 2.12. The summed E-state index contributed by atoms with van der Waals surface area (Å²) in [5, 5.41) is 2.91. The van der Waals surface area contributed by atoms with Gasteiger partial charge in [0.05, 0.1) is 30.9 Å². The molecule has 0 bridgehead atoms. The van der Waals surface area contributed by atoms with Crippen molar-refractivity contribution in [3.8, 4) is 0 Å². The van der Waals surface area contributed by atoms with Gasteiger partial charge in [0.15, 0.2) is 11.6 Å². The van der Waals surface area contributed by atoms with Crippen molar-refractivity contribution in [3.63, 3.8) is 0 Å². The Morgan fingerprint density at radius 3 is 2.45 bits per heavy atom. The number of cyclic esters (lactones) is 1. The van der Waals surface area contributed by atoms with E-state index in [0.29, 0.717) is 24.6 Å². The van der Waals surface area contributed by atoms with Gasteiger partial charge in [-0.15, -0.1) is 0 Å². The molecule has 29 heavy (non-hydrogen) atoms. The van der Waals surface area contributed by atoms with Gasteiger partial charge in [-0.2, -0.15) is 0 Å². The number of halogens is 2. The van der Waals surface area contributed by atoms with Crippen LogP contribution in [0.25, 0.3) is 0 Å². The summed E-state index contributed by atoms with van der Waals surface area (Å²) in [6.45, 7) is 3.30. The molecule has 8 nitrogen and oxygen atoms in total. The molecule has 0 aromatic heterocycles. The van der Waals surface area contributed by atoms with E-state index < -0.39 is 29.9 Å². The molecule has 2 amide bonds. The highest BCUT2D eigenvalue weighted by Crippen LogP contribution is 2.31. The van der Waals surface area contributed by atoms with E-state index in [4.69, 9.17) is 17.0 Å². The van der Waals surface area contributed by atoms with E-state index in [-0.39, 0.29) is 31.0 Å². The van der Waals surface area contributed by atoms with Crippen LogP contribution in [-0.2, 0) is 9.47 Å². The highest BCUT2D eigenvalue weighted by Gasteiger charge is 2.34. The van der Waals surface area contributed by atoms with Crippen LogP contribution < -0.4 is 15.1 Å². The monoisotopic (exact) mass is 428 g/mol. The minimum Gasteiger partial charge on any atom is -0.453 e. The number of ether oxygens (including phenoxy) is 2. The Kier molecular flexibility index (Phi) is 6.36. The molecule has 158 valence electrons. The third kappa shape index (κ3) is 4.66. The fourth-order valence-electron chi connectivity index (χ4n) is 3.35. The molecule has 2 aliphatic heterocycles. The molecule has 2 heterocycles. The lowest BCUT2D eigenvalue weighted by atomic mass is 10.2. The Labute approximate surface area is 172 Å². The van der Waals surface area contributed by atoms with Gasteiger partial charge in [0.1, 0.15) is 11.8 Å². The first-order chi connectivity index (χ1) is 13.8. The van der Waals surface area contributed by atoms with Crippen molar-refractivity contribution in [2.45, 2.75) is 13.0 Å². The highest BCUT2D eigenvalue weighted by molar-refractivity contribution is 7.80. The Hall–Kier alpha value is -2.69. The van der Waals surface area contributed by atoms with Gasteiger partial charge in [0.2, 0.25) is 0 Å². The van der Waals surface area contributed by atoms with Crippen molar-refractivity contribution < 1.29 is 27.8 Å². The van der Waals surface area contributed by atoms with E-state index in [0.717, 1.165) is 12.1 Å². The second kappa shape index (κ2) is 8.76. The second-order valence-corrected chi connectivity index (χ2v) is 7.37. The zero-order valence-corrected chi connectivity index (χ0v) is 16.9. The lowest BCUT2D eigenvalue weighted by Crippen LogP contribution is -2.49. The Morgan fingerprint density at radius 1 is 1.28 bits per heavy atom. The van der Waals surface area contributed by atoms with Crippen molar-refractivity contribution in [2.24, 2.45) is 0 Å². The number of hydrogen-bond donors (Lipinski definition) is 1. The van der Waals surface area contributed by atoms with Gasteiger partial charge in [-0.3, -0.25) is 4.90 Å². The van der Waals surface area contributed by atoms with Crippen LogP contribution in [-0.4, -0.2) is 74.6 Å². The molecule has 1 atom stereocenters. The van der Waals surface area contributed by atoms with E-state index in [2.05, 4.69) is 10.1 Å². The molecule has 2 saturated heterocycles. The minimum atomic E-state index is -0.782. The maximum atomic E-state index is 14.8. The zero-order valence-electron chi connectivity index (χ0n) is 16.1. The predicted molar refractivity (Wildman–Crippen MR) is 106 cm³/mol. The summed E-state index contributed by atoms with van der Waals surface area (Å²) in [5.74, 6) is -1.56. The number of carbonyl (C=O) groups is 2. The Morgan fingerprint density at radius 2 is 1.90 bits per heavy atom. The average molecular weight is 428 g/mol. The Bertz CT molecular complexity index is 794. The fourth-order valence-corrected chi connectivity index (χ4v) is 3.43. The quantitative estimate of drug-likeness (QED) is 0.737. The lowest BCUT2D eigenvalue weighted by Gasteiger charge is -2.35. The van der Waals surface area contributed by atoms with Crippen molar-refractivity contribution in [1.29, 1.82) is 0 Å². The molecule has 0 aliphatic carbocycles. The number of hydrogen-bond acceptors (Lipinski definition) is 6. The smallest absolute Gasteiger partial charge is 0.414 e. The number of anilines is 2. The molecular formula is C18H22F2N4O4S. The SMILES string of the molecule is COC(=O)N1CCN(c2c(F)cc(N3C[C@H](CNC(C)=S)OC3=O)cc2F)CC1. The van der Waals surface area contributed by atoms with Crippen LogP contribution in [0.4, 0.5) is 29.7 Å². The van der Waals surface area contributed by atoms with Gasteiger partial charge in [-0.1, -0.05) is 12.2 Å². The van der Waals surface area contributed by atoms with E-state index >= 15 is 0 Å². The van der Waals surface area contributed by atoms with Crippen molar-refractivity contribution in [1.82, 2.24) is 10.2 Å². The summed E-state index contributed by atoms with van der Waals surface area (Å²) < 4.78 is 39.4. The van der Waals surface area contributed by atoms with E-state index in [9.17, 15) is 18.4 Å². The Balaban J connectivity index is 1.71. The molecule has 2 aliphatic rings. The van der Waals surface area contributed by atoms with Crippen molar-refractivity contribution in [2.75, 3.05) is 56.2 Å². The summed E-state index contributed by atoms with van der Waals surface area (Å²) in [6, 6.07) is 2.24. The number of rotatable bonds is 4. The number of benzene rings is 1. The van der Waals surface area contributed by atoms with Gasteiger partial charge < -0.3 is 24.6 Å². The molecule has 0 spiro atoms. The molecular weight excluding hydrogens is 406 g/mol. The van der Waals surface area contributed by atoms with E-state index in [1.54, 1.807) is 6.92 Å². The average Bonchev–Trinajstić information content (AvgIpc) is 3.06. The van der Waals surface area contributed by atoms with Crippen molar-refractivity contribution >= 4 is 40.8 Å². The highest BCUT2D eigenvalue weighted by atomic mass is 32.1. The van der Waals surface area contributed by atoms with Crippen LogP contribution in [0.1, 0.15) is 6.92 Å². The first-order valence-corrected chi connectivity index (χ1v) is 9.50. The molecule has 0 saturated carbocycles. The van der Waals surface area contributed by atoms with Gasteiger partial charge in [-0.05, 0) is 6.92 Å². The molecule has 2 fully saturated rings. The molecule has 1 aromatic rings. The first kappa shape index (κ1) is 21.0. The largest absolute Gasteiger partial charge is 0.453 e. The third-order valence-electron chi connectivity index (χ3n) is 4.79. The van der Waals surface area contributed by atoms with E-state index in [1.807, 2.05) is 0 Å². The van der Waals surface area contributed by atoms with Crippen molar-refractivity contribution in [3.05, 3.63) is 23.8 Å². The number of piperazine rings is 1. The number of thiocarbonyl (C=S) groups is 1. The maximum Gasteiger partial charge on any atom is 0.414 e. The van der Waals surface area contributed by atoms with Gasteiger partial charge in [0.25, 0.3) is 0 Å². The van der Waals surface area contributed by atoms with Crippen LogP contribution in [0.2, 0.25) is 0 Å². The number of carbonyl (C=O) groups excluding carboxylic acids is 2. The number of amides is 2. The lowest BCUT2D eigenvalue weighted by molar-refractivity contribution is 0.121. The van der Waals surface area contributed by atoms with Gasteiger partial charge >= 0.3 is 12.2 Å². The minimum absolute atomic E-state index is 0.0866. The standard InChI is InChI=1S/C18H22F2N4O4S/c1-11(29)21-9-13-10-24(18(26)28-13)12-7-14(19)16(15(20)8-12)22-3-5-23(6-4-22)17(25)27-2/h7-8,13H,3-6,9-10H2,1-2H3,(H,21,29)/t13-/m0/s1. The summed E-state index contributed by atoms with van der Waals surface area (Å²) in [4.78, 5) is 28.4. The third-order valence-corrected chi connectivity index (χ3v) is 4.94. The maximum absolute atomic E-state index is 14.8. The molecule has 0 radical (unpaired) electrons. The number of nitrogens with zero attached hydrogens (tertiary/aromatic N) is 3. The van der Waals surface area contributed by atoms with E-state index in [1.165, 1.54) is 21.8 Å². The second-order valence-electron chi connectivity index (χ2n) is 6.76. The summed E-state index contributed by atoms with van der Waals surface area (Å²) in [5.41, 5.74) is -0.0936. The molecule has 0 unspecified atom stereocenters.